The number of rotatable bonds is 2. The Morgan fingerprint density at radius 1 is 1.50 bits per heavy atom. The average Bonchev–Trinajstić information content (AvgIpc) is 2.41. The molecule has 7 nitrogen and oxygen atoms in total. The van der Waals surface area contributed by atoms with Crippen molar-refractivity contribution in [3.05, 3.63) is 10.8 Å². The Balaban J connectivity index is 2.04. The van der Waals surface area contributed by atoms with Gasteiger partial charge in [-0.2, -0.15) is 0 Å². The number of carbonyl (C=O) groups excluding carboxylic acids is 1. The molecule has 0 aliphatic carbocycles. The second-order valence-electron chi connectivity index (χ2n) is 4.56. The van der Waals surface area contributed by atoms with Crippen LogP contribution in [0.4, 0.5) is 15.1 Å². The number of anilines is 1. The number of nitrogens with zero attached hydrogens (tertiary/aromatic N) is 4. The first kappa shape index (κ1) is 14.7. The minimum absolute atomic E-state index is 0.0314. The topological polar surface area (TPSA) is 80.2 Å². The molecular weight excluding hydrogens is 289 g/mol. The molecule has 0 spiro atoms. The molecule has 20 heavy (non-hydrogen) atoms. The summed E-state index contributed by atoms with van der Waals surface area (Å²) in [6.07, 6.45) is -1.41. The molecule has 1 N–H and O–H groups in total. The SMILES string of the molecule is COC(=O)N1C[C@H](F)C[C@@H](Nc2nnc(Cl)c(C)n2)C1. The molecule has 1 aliphatic rings. The number of hydrogen-bond donors (Lipinski definition) is 1. The van der Waals surface area contributed by atoms with Gasteiger partial charge < -0.3 is 15.0 Å². The molecule has 0 bridgehead atoms. The standard InChI is InChI=1S/C11H15ClFN5O2/c1-6-9(12)16-17-10(14-6)15-8-3-7(13)4-18(5-8)11(19)20-2/h7-8H,3-5H2,1-2H3,(H,14,15,17)/t7-,8-/m1/s1. The van der Waals surface area contributed by atoms with E-state index >= 15 is 0 Å². The van der Waals surface area contributed by atoms with Crippen molar-refractivity contribution in [3.63, 3.8) is 0 Å². The van der Waals surface area contributed by atoms with Crippen LogP contribution in [-0.2, 0) is 4.74 Å². The lowest BCUT2D eigenvalue weighted by molar-refractivity contribution is 0.0877. The quantitative estimate of drug-likeness (QED) is 0.890. The summed E-state index contributed by atoms with van der Waals surface area (Å²) in [6.45, 7) is 2.05. The maximum Gasteiger partial charge on any atom is 0.409 e. The number of aromatic nitrogens is 3. The number of nitrogens with one attached hydrogen (secondary N) is 1. The average molecular weight is 304 g/mol. The highest BCUT2D eigenvalue weighted by molar-refractivity contribution is 6.29. The molecule has 1 amide bonds. The highest BCUT2D eigenvalue weighted by Crippen LogP contribution is 2.18. The summed E-state index contributed by atoms with van der Waals surface area (Å²) in [5.74, 6) is 0.260. The van der Waals surface area contributed by atoms with Crippen molar-refractivity contribution in [2.45, 2.75) is 25.6 Å². The summed E-state index contributed by atoms with van der Waals surface area (Å²) in [5, 5.41) is 10.7. The minimum Gasteiger partial charge on any atom is -0.453 e. The molecule has 2 heterocycles. The van der Waals surface area contributed by atoms with Crippen molar-refractivity contribution in [2.75, 3.05) is 25.5 Å². The summed E-state index contributed by atoms with van der Waals surface area (Å²) in [5.41, 5.74) is 0.529. The van der Waals surface area contributed by atoms with Crippen LogP contribution in [0.1, 0.15) is 12.1 Å². The zero-order chi connectivity index (χ0) is 14.7. The lowest BCUT2D eigenvalue weighted by Gasteiger charge is -2.33. The van der Waals surface area contributed by atoms with Gasteiger partial charge in [-0.1, -0.05) is 11.6 Å². The largest absolute Gasteiger partial charge is 0.453 e. The fourth-order valence-electron chi connectivity index (χ4n) is 2.05. The molecule has 1 saturated heterocycles. The molecule has 2 rings (SSSR count). The smallest absolute Gasteiger partial charge is 0.409 e. The number of amides is 1. The van der Waals surface area contributed by atoms with Crippen LogP contribution in [0, 0.1) is 6.92 Å². The van der Waals surface area contributed by atoms with E-state index in [9.17, 15) is 9.18 Å². The molecule has 2 atom stereocenters. The van der Waals surface area contributed by atoms with Crippen molar-refractivity contribution in [1.29, 1.82) is 0 Å². The first-order valence-electron chi connectivity index (χ1n) is 6.10. The van der Waals surface area contributed by atoms with E-state index in [1.165, 1.54) is 12.0 Å². The summed E-state index contributed by atoms with van der Waals surface area (Å²) in [7, 11) is 1.27. The first-order valence-corrected chi connectivity index (χ1v) is 6.47. The van der Waals surface area contributed by atoms with E-state index in [0.29, 0.717) is 12.2 Å². The number of aryl methyl sites for hydroxylation is 1. The number of methoxy groups -OCH3 is 1. The van der Waals surface area contributed by atoms with Gasteiger partial charge in [-0.05, 0) is 6.92 Å². The van der Waals surface area contributed by atoms with Crippen LogP contribution >= 0.6 is 11.6 Å². The lowest BCUT2D eigenvalue weighted by Crippen LogP contribution is -2.49. The normalized spacial score (nSPS) is 22.5. The summed E-state index contributed by atoms with van der Waals surface area (Å²) < 4.78 is 18.3. The maximum atomic E-state index is 13.7. The Hall–Kier alpha value is -1.70. The van der Waals surface area contributed by atoms with E-state index in [1.54, 1.807) is 6.92 Å². The van der Waals surface area contributed by atoms with Crippen LogP contribution in [0.25, 0.3) is 0 Å². The number of hydrogen-bond acceptors (Lipinski definition) is 6. The molecule has 1 aromatic heterocycles. The van der Waals surface area contributed by atoms with Gasteiger partial charge in [-0.15, -0.1) is 10.2 Å². The van der Waals surface area contributed by atoms with Gasteiger partial charge in [0.1, 0.15) is 6.17 Å². The van der Waals surface area contributed by atoms with Gasteiger partial charge in [0, 0.05) is 19.0 Å². The monoisotopic (exact) mass is 303 g/mol. The van der Waals surface area contributed by atoms with Crippen molar-refractivity contribution in [3.8, 4) is 0 Å². The van der Waals surface area contributed by atoms with Gasteiger partial charge in [0.2, 0.25) is 5.95 Å². The van der Waals surface area contributed by atoms with Gasteiger partial charge >= 0.3 is 6.09 Å². The number of ether oxygens (including phenoxy) is 1. The predicted octanol–water partition coefficient (Wildman–Crippen LogP) is 1.42. The molecule has 0 radical (unpaired) electrons. The molecule has 0 aromatic carbocycles. The zero-order valence-corrected chi connectivity index (χ0v) is 11.9. The Labute approximate surface area is 120 Å². The number of likely N-dealkylation sites (tertiary alicyclic amines) is 1. The van der Waals surface area contributed by atoms with Crippen LogP contribution in [0.15, 0.2) is 0 Å². The second-order valence-corrected chi connectivity index (χ2v) is 4.92. The van der Waals surface area contributed by atoms with Crippen LogP contribution in [0.3, 0.4) is 0 Å². The predicted molar refractivity (Wildman–Crippen MR) is 70.5 cm³/mol. The molecule has 110 valence electrons. The van der Waals surface area contributed by atoms with Crippen molar-refractivity contribution in [2.24, 2.45) is 0 Å². The lowest BCUT2D eigenvalue weighted by atomic mass is 10.0. The third kappa shape index (κ3) is 3.44. The molecule has 1 fully saturated rings. The molecule has 1 aliphatic heterocycles. The molecule has 1 aromatic rings. The van der Waals surface area contributed by atoms with Crippen molar-refractivity contribution in [1.82, 2.24) is 20.1 Å². The van der Waals surface area contributed by atoms with E-state index in [-0.39, 0.29) is 30.1 Å². The van der Waals surface area contributed by atoms with Gasteiger partial charge in [-0.25, -0.2) is 14.2 Å². The third-order valence-electron chi connectivity index (χ3n) is 2.97. The summed E-state index contributed by atoms with van der Waals surface area (Å²) >= 11 is 5.74. The van der Waals surface area contributed by atoms with Crippen LogP contribution in [0.5, 0.6) is 0 Å². The van der Waals surface area contributed by atoms with Crippen molar-refractivity contribution < 1.29 is 13.9 Å². The Morgan fingerprint density at radius 3 is 2.90 bits per heavy atom. The van der Waals surface area contributed by atoms with E-state index in [1.807, 2.05) is 0 Å². The van der Waals surface area contributed by atoms with E-state index in [0.717, 1.165) is 0 Å². The Bertz CT molecular complexity index is 504. The van der Waals surface area contributed by atoms with Gasteiger partial charge in [0.15, 0.2) is 5.15 Å². The van der Waals surface area contributed by atoms with Crippen LogP contribution in [0.2, 0.25) is 5.15 Å². The number of piperidine rings is 1. The number of halogens is 2. The molecular formula is C11H15ClFN5O2. The Kier molecular flexibility index (Phi) is 4.53. The zero-order valence-electron chi connectivity index (χ0n) is 11.1. The van der Waals surface area contributed by atoms with Gasteiger partial charge in [0.25, 0.3) is 0 Å². The van der Waals surface area contributed by atoms with E-state index < -0.39 is 12.3 Å². The third-order valence-corrected chi connectivity index (χ3v) is 3.32. The van der Waals surface area contributed by atoms with Crippen LogP contribution in [-0.4, -0.2) is 58.6 Å². The maximum absolute atomic E-state index is 13.7. The van der Waals surface area contributed by atoms with Gasteiger partial charge in [0.05, 0.1) is 19.3 Å². The van der Waals surface area contributed by atoms with Gasteiger partial charge in [-0.3, -0.25) is 0 Å². The van der Waals surface area contributed by atoms with Crippen LogP contribution < -0.4 is 5.32 Å². The molecule has 0 unspecified atom stereocenters. The highest BCUT2D eigenvalue weighted by atomic mass is 35.5. The minimum atomic E-state index is -1.12. The number of alkyl halides is 1. The fourth-order valence-corrected chi connectivity index (χ4v) is 2.13. The highest BCUT2D eigenvalue weighted by Gasteiger charge is 2.31. The van der Waals surface area contributed by atoms with E-state index in [4.69, 9.17) is 11.6 Å². The number of carbonyl (C=O) groups is 1. The van der Waals surface area contributed by atoms with E-state index in [2.05, 4.69) is 25.2 Å². The van der Waals surface area contributed by atoms with Crippen molar-refractivity contribution >= 4 is 23.6 Å². The summed E-state index contributed by atoms with van der Waals surface area (Å²) in [6, 6.07) is -0.305. The second kappa shape index (κ2) is 6.17. The summed E-state index contributed by atoms with van der Waals surface area (Å²) in [4.78, 5) is 16.9. The molecule has 9 heteroatoms. The molecule has 0 saturated carbocycles. The first-order chi connectivity index (χ1) is 9.49. The Morgan fingerprint density at radius 2 is 2.25 bits per heavy atom. The fraction of sp³-hybridized carbons (Fsp3) is 0.636.